The van der Waals surface area contributed by atoms with E-state index in [0.717, 1.165) is 31.4 Å². The third kappa shape index (κ3) is 5.34. The molecule has 2 N–H and O–H groups in total. The summed E-state index contributed by atoms with van der Waals surface area (Å²) in [6.07, 6.45) is 4.37. The van der Waals surface area contributed by atoms with Gasteiger partial charge in [0.2, 0.25) is 5.91 Å². The quantitative estimate of drug-likeness (QED) is 0.795. The fourth-order valence-corrected chi connectivity index (χ4v) is 2.75. The zero-order valence-electron chi connectivity index (χ0n) is 13.6. The zero-order chi connectivity index (χ0) is 15.9. The minimum Gasteiger partial charge on any atom is -0.494 e. The summed E-state index contributed by atoms with van der Waals surface area (Å²) in [6.45, 7) is 4.70. The molecule has 0 heterocycles. The predicted octanol–water partition coefficient (Wildman–Crippen LogP) is 2.88. The number of carbonyl (C=O) groups is 1. The van der Waals surface area contributed by atoms with Gasteiger partial charge in [-0.3, -0.25) is 4.79 Å². The lowest BCUT2D eigenvalue weighted by molar-refractivity contribution is -0.122. The maximum atomic E-state index is 11.9. The lowest BCUT2D eigenvalue weighted by Crippen LogP contribution is -2.38. The van der Waals surface area contributed by atoms with Gasteiger partial charge in [-0.15, -0.1) is 0 Å². The molecule has 0 aromatic heterocycles. The van der Waals surface area contributed by atoms with Gasteiger partial charge in [0.05, 0.1) is 12.7 Å². The van der Waals surface area contributed by atoms with Crippen LogP contribution in [0.15, 0.2) is 18.2 Å². The molecule has 1 amide bonds. The van der Waals surface area contributed by atoms with Crippen LogP contribution >= 0.6 is 0 Å². The Morgan fingerprint density at radius 2 is 1.95 bits per heavy atom. The minimum atomic E-state index is -0.181. The molecule has 0 spiro atoms. The van der Waals surface area contributed by atoms with E-state index < -0.39 is 0 Å². The molecule has 4 nitrogen and oxygen atoms in total. The Kier molecular flexibility index (Phi) is 6.25. The molecule has 1 aromatic rings. The van der Waals surface area contributed by atoms with Gasteiger partial charge in [0.25, 0.3) is 0 Å². The van der Waals surface area contributed by atoms with Gasteiger partial charge in [-0.1, -0.05) is 6.07 Å². The average Bonchev–Trinajstić information content (AvgIpc) is 2.49. The van der Waals surface area contributed by atoms with Crippen molar-refractivity contribution in [3.63, 3.8) is 0 Å². The fourth-order valence-electron chi connectivity index (χ4n) is 2.75. The van der Waals surface area contributed by atoms with E-state index in [4.69, 9.17) is 4.74 Å². The third-order valence-electron chi connectivity index (χ3n) is 4.36. The van der Waals surface area contributed by atoms with E-state index in [2.05, 4.69) is 25.2 Å². The van der Waals surface area contributed by atoms with Crippen molar-refractivity contribution in [1.82, 2.24) is 5.32 Å². The smallest absolute Gasteiger partial charge is 0.220 e. The molecule has 1 aliphatic carbocycles. The Bertz CT molecular complexity index is 493. The van der Waals surface area contributed by atoms with E-state index in [1.165, 1.54) is 11.1 Å². The van der Waals surface area contributed by atoms with E-state index in [-0.39, 0.29) is 18.1 Å². The maximum Gasteiger partial charge on any atom is 0.220 e. The minimum absolute atomic E-state index is 0.0880. The second kappa shape index (κ2) is 8.18. The lowest BCUT2D eigenvalue weighted by atomic mass is 9.93. The van der Waals surface area contributed by atoms with Crippen molar-refractivity contribution in [3.05, 3.63) is 29.3 Å². The van der Waals surface area contributed by atoms with Gasteiger partial charge in [0.15, 0.2) is 0 Å². The van der Waals surface area contributed by atoms with Gasteiger partial charge in [-0.2, -0.15) is 0 Å². The first kappa shape index (κ1) is 16.8. The molecule has 0 atom stereocenters. The van der Waals surface area contributed by atoms with Crippen LogP contribution in [-0.2, 0) is 4.79 Å². The van der Waals surface area contributed by atoms with Crippen LogP contribution in [0.5, 0.6) is 5.75 Å². The number of aliphatic hydroxyl groups is 1. The SMILES string of the molecule is Cc1ccc(OCCCC(=O)NC2CCC(O)CC2)cc1C. The first-order valence-electron chi connectivity index (χ1n) is 8.22. The van der Waals surface area contributed by atoms with Crippen molar-refractivity contribution in [2.24, 2.45) is 0 Å². The topological polar surface area (TPSA) is 58.6 Å². The van der Waals surface area contributed by atoms with Gasteiger partial charge >= 0.3 is 0 Å². The Morgan fingerprint density at radius 3 is 2.64 bits per heavy atom. The van der Waals surface area contributed by atoms with Crippen LogP contribution in [0.4, 0.5) is 0 Å². The summed E-state index contributed by atoms with van der Waals surface area (Å²) in [4.78, 5) is 11.9. The molecule has 122 valence electrons. The monoisotopic (exact) mass is 305 g/mol. The summed E-state index contributed by atoms with van der Waals surface area (Å²) in [5.41, 5.74) is 2.47. The Labute approximate surface area is 132 Å². The van der Waals surface area contributed by atoms with Crippen LogP contribution in [0.2, 0.25) is 0 Å². The highest BCUT2D eigenvalue weighted by Crippen LogP contribution is 2.19. The average molecular weight is 305 g/mol. The molecule has 0 aliphatic heterocycles. The number of rotatable bonds is 6. The summed E-state index contributed by atoms with van der Waals surface area (Å²) in [5, 5.41) is 12.5. The summed E-state index contributed by atoms with van der Waals surface area (Å²) in [5.74, 6) is 0.954. The van der Waals surface area contributed by atoms with Crippen molar-refractivity contribution >= 4 is 5.91 Å². The molecular formula is C18H27NO3. The molecule has 4 heteroatoms. The molecule has 22 heavy (non-hydrogen) atoms. The number of nitrogens with one attached hydrogen (secondary N) is 1. The second-order valence-corrected chi connectivity index (χ2v) is 6.27. The van der Waals surface area contributed by atoms with Crippen LogP contribution in [0.1, 0.15) is 49.7 Å². The molecule has 1 saturated carbocycles. The van der Waals surface area contributed by atoms with Crippen molar-refractivity contribution in [2.75, 3.05) is 6.61 Å². The maximum absolute atomic E-state index is 11.9. The Morgan fingerprint density at radius 1 is 1.23 bits per heavy atom. The van der Waals surface area contributed by atoms with Gasteiger partial charge < -0.3 is 15.2 Å². The molecule has 2 rings (SSSR count). The van der Waals surface area contributed by atoms with E-state index in [1.807, 2.05) is 12.1 Å². The number of carbonyl (C=O) groups excluding carboxylic acids is 1. The van der Waals surface area contributed by atoms with Crippen LogP contribution in [0.3, 0.4) is 0 Å². The number of amides is 1. The first-order chi connectivity index (χ1) is 10.5. The number of hydrogen-bond acceptors (Lipinski definition) is 3. The van der Waals surface area contributed by atoms with E-state index in [9.17, 15) is 9.90 Å². The van der Waals surface area contributed by atoms with Gasteiger partial charge in [-0.05, 0) is 69.2 Å². The van der Waals surface area contributed by atoms with E-state index >= 15 is 0 Å². The standard InChI is InChI=1S/C18H27NO3/c1-13-5-10-17(12-14(13)2)22-11-3-4-18(21)19-15-6-8-16(20)9-7-15/h5,10,12,15-16,20H,3-4,6-9,11H2,1-2H3,(H,19,21). The number of hydrogen-bond donors (Lipinski definition) is 2. The Hall–Kier alpha value is -1.55. The van der Waals surface area contributed by atoms with Gasteiger partial charge in [0, 0.05) is 12.5 Å². The summed E-state index contributed by atoms with van der Waals surface area (Å²) >= 11 is 0. The van der Waals surface area contributed by atoms with Crippen molar-refractivity contribution < 1.29 is 14.6 Å². The van der Waals surface area contributed by atoms with Crippen LogP contribution in [0.25, 0.3) is 0 Å². The second-order valence-electron chi connectivity index (χ2n) is 6.27. The molecule has 1 aromatic carbocycles. The highest BCUT2D eigenvalue weighted by Gasteiger charge is 2.20. The van der Waals surface area contributed by atoms with Crippen LogP contribution in [-0.4, -0.2) is 29.8 Å². The highest BCUT2D eigenvalue weighted by molar-refractivity contribution is 5.76. The van der Waals surface area contributed by atoms with Gasteiger partial charge in [0.1, 0.15) is 5.75 Å². The molecule has 0 bridgehead atoms. The Balaban J connectivity index is 1.61. The predicted molar refractivity (Wildman–Crippen MR) is 87.1 cm³/mol. The third-order valence-corrected chi connectivity index (χ3v) is 4.36. The van der Waals surface area contributed by atoms with Crippen molar-refractivity contribution in [1.29, 1.82) is 0 Å². The summed E-state index contributed by atoms with van der Waals surface area (Å²) in [7, 11) is 0. The van der Waals surface area contributed by atoms with E-state index in [0.29, 0.717) is 19.4 Å². The lowest BCUT2D eigenvalue weighted by Gasteiger charge is -2.26. The molecule has 1 aliphatic rings. The summed E-state index contributed by atoms with van der Waals surface area (Å²) < 4.78 is 5.68. The normalized spacial score (nSPS) is 21.4. The van der Waals surface area contributed by atoms with Crippen molar-refractivity contribution in [2.45, 2.75) is 64.5 Å². The summed E-state index contributed by atoms with van der Waals surface area (Å²) in [6, 6.07) is 6.28. The number of benzene rings is 1. The fraction of sp³-hybridized carbons (Fsp3) is 0.611. The van der Waals surface area contributed by atoms with Crippen molar-refractivity contribution in [3.8, 4) is 5.75 Å². The van der Waals surface area contributed by atoms with Crippen LogP contribution < -0.4 is 10.1 Å². The zero-order valence-corrected chi connectivity index (χ0v) is 13.6. The van der Waals surface area contributed by atoms with Crippen LogP contribution in [0, 0.1) is 13.8 Å². The number of aliphatic hydroxyl groups excluding tert-OH is 1. The number of aryl methyl sites for hydroxylation is 2. The number of ether oxygens (including phenoxy) is 1. The van der Waals surface area contributed by atoms with E-state index in [1.54, 1.807) is 0 Å². The first-order valence-corrected chi connectivity index (χ1v) is 8.22. The van der Waals surface area contributed by atoms with Gasteiger partial charge in [-0.25, -0.2) is 0 Å². The molecule has 0 radical (unpaired) electrons. The molecular weight excluding hydrogens is 278 g/mol. The molecule has 1 fully saturated rings. The molecule has 0 saturated heterocycles. The largest absolute Gasteiger partial charge is 0.494 e. The highest BCUT2D eigenvalue weighted by atomic mass is 16.5. The molecule has 0 unspecified atom stereocenters.